The van der Waals surface area contributed by atoms with E-state index in [2.05, 4.69) is 6.92 Å². The van der Waals surface area contributed by atoms with E-state index >= 15 is 0 Å². The monoisotopic (exact) mass is 444 g/mol. The van der Waals surface area contributed by atoms with Gasteiger partial charge in [0, 0.05) is 18.1 Å². The maximum Gasteiger partial charge on any atom is 0.299 e. The third kappa shape index (κ3) is 4.15. The lowest BCUT2D eigenvalue weighted by Crippen LogP contribution is -2.46. The lowest BCUT2D eigenvalue weighted by Gasteiger charge is -2.25. The van der Waals surface area contributed by atoms with E-state index in [0.717, 1.165) is 37.7 Å². The third-order valence-corrected chi connectivity index (χ3v) is 6.11. The quantitative estimate of drug-likeness (QED) is 0.573. The molecule has 0 radical (unpaired) electrons. The second-order valence-electron chi connectivity index (χ2n) is 8.13. The predicted octanol–water partition coefficient (Wildman–Crippen LogP) is 4.12. The van der Waals surface area contributed by atoms with E-state index in [1.807, 2.05) is 40.7 Å². The van der Waals surface area contributed by atoms with E-state index in [9.17, 15) is 9.59 Å². The molecule has 2 amide bonds. The van der Waals surface area contributed by atoms with E-state index in [0.29, 0.717) is 48.8 Å². The Morgan fingerprint density at radius 3 is 2.65 bits per heavy atom. The van der Waals surface area contributed by atoms with Crippen molar-refractivity contribution in [2.24, 2.45) is 0 Å². The molecule has 8 heteroatoms. The number of imide groups is 1. The van der Waals surface area contributed by atoms with Crippen LogP contribution in [0.25, 0.3) is 0 Å². The number of rotatable bonds is 8. The van der Waals surface area contributed by atoms with E-state index < -0.39 is 0 Å². The van der Waals surface area contributed by atoms with Crippen molar-refractivity contribution in [3.05, 3.63) is 40.5 Å². The first kappa shape index (κ1) is 21.7. The predicted molar refractivity (Wildman–Crippen MR) is 120 cm³/mol. The van der Waals surface area contributed by atoms with Crippen LogP contribution in [0.3, 0.4) is 0 Å². The summed E-state index contributed by atoms with van der Waals surface area (Å²) in [6, 6.07) is 7.60. The first-order chi connectivity index (χ1) is 15.0. The fourth-order valence-electron chi connectivity index (χ4n) is 4.27. The number of carbonyl (C=O) groups excluding carboxylic acids is 2. The molecule has 1 unspecified atom stereocenters. The number of halogens is 1. The first-order valence-corrected chi connectivity index (χ1v) is 11.5. The van der Waals surface area contributed by atoms with Gasteiger partial charge in [-0.15, -0.1) is 0 Å². The van der Waals surface area contributed by atoms with Gasteiger partial charge in [0.1, 0.15) is 6.04 Å². The zero-order chi connectivity index (χ0) is 22.0. The van der Waals surface area contributed by atoms with Crippen LogP contribution in [0, 0.1) is 0 Å². The Morgan fingerprint density at radius 1 is 1.16 bits per heavy atom. The van der Waals surface area contributed by atoms with Crippen molar-refractivity contribution < 1.29 is 14.3 Å². The van der Waals surface area contributed by atoms with Crippen LogP contribution >= 0.6 is 11.6 Å². The number of aromatic nitrogens is 2. The van der Waals surface area contributed by atoms with Gasteiger partial charge in [0.2, 0.25) is 0 Å². The minimum Gasteiger partial charge on any atom is -0.465 e. The molecule has 2 aliphatic rings. The molecule has 1 atom stereocenters. The number of unbranched alkanes of at least 4 members (excludes halogenated alkanes) is 1. The highest BCUT2D eigenvalue weighted by atomic mass is 35.5. The lowest BCUT2D eigenvalue weighted by atomic mass is 10.2. The van der Waals surface area contributed by atoms with Gasteiger partial charge < -0.3 is 9.64 Å². The molecule has 7 nitrogen and oxygen atoms in total. The van der Waals surface area contributed by atoms with Crippen LogP contribution in [0.15, 0.2) is 24.3 Å². The van der Waals surface area contributed by atoms with Gasteiger partial charge in [0.15, 0.2) is 11.5 Å². The summed E-state index contributed by atoms with van der Waals surface area (Å²) >= 11 is 6.05. The number of hydrogen-bond acceptors (Lipinski definition) is 5. The number of imidazole rings is 1. The average Bonchev–Trinajstić information content (AvgIpc) is 3.37. The molecular formula is C23H29ClN4O3. The summed E-state index contributed by atoms with van der Waals surface area (Å²) in [6.07, 6.45) is 4.17. The van der Waals surface area contributed by atoms with Crippen molar-refractivity contribution in [3.63, 3.8) is 0 Å². The normalized spacial score (nSPS) is 18.2. The molecule has 0 aliphatic carbocycles. The van der Waals surface area contributed by atoms with Gasteiger partial charge in [-0.3, -0.25) is 19.1 Å². The minimum atomic E-state index is -0.333. The van der Waals surface area contributed by atoms with Gasteiger partial charge >= 0.3 is 0 Å². The fourth-order valence-corrected chi connectivity index (χ4v) is 4.39. The second kappa shape index (κ2) is 9.30. The number of ether oxygens (including phenoxy) is 1. The van der Waals surface area contributed by atoms with Gasteiger partial charge in [-0.2, -0.15) is 4.98 Å². The molecule has 0 bridgehead atoms. The zero-order valence-electron chi connectivity index (χ0n) is 18.1. The number of nitrogens with zero attached hydrogens (tertiary/aromatic N) is 4. The molecule has 1 aromatic heterocycles. The van der Waals surface area contributed by atoms with Crippen LogP contribution in [0.2, 0.25) is 5.02 Å². The van der Waals surface area contributed by atoms with Gasteiger partial charge in [-0.1, -0.05) is 44.0 Å². The van der Waals surface area contributed by atoms with Gasteiger partial charge in [-0.05, 0) is 43.4 Å². The van der Waals surface area contributed by atoms with Crippen LogP contribution in [-0.2, 0) is 11.3 Å². The second-order valence-corrected chi connectivity index (χ2v) is 8.56. The summed E-state index contributed by atoms with van der Waals surface area (Å²) in [7, 11) is 0. The highest BCUT2D eigenvalue weighted by Gasteiger charge is 2.45. The summed E-state index contributed by atoms with van der Waals surface area (Å²) in [5, 5.41) is 0.656. The fraction of sp³-hybridized carbons (Fsp3) is 0.522. The number of hydrogen-bond donors (Lipinski definition) is 0. The maximum absolute atomic E-state index is 13.7. The Kier molecular flexibility index (Phi) is 6.51. The molecule has 2 aromatic rings. The van der Waals surface area contributed by atoms with Crippen molar-refractivity contribution in [2.45, 2.75) is 58.5 Å². The summed E-state index contributed by atoms with van der Waals surface area (Å²) in [5.41, 5.74) is 1.42. The molecule has 2 aliphatic heterocycles. The summed E-state index contributed by atoms with van der Waals surface area (Å²) in [4.78, 5) is 35.1. The van der Waals surface area contributed by atoms with Crippen LogP contribution < -0.4 is 9.64 Å². The molecule has 4 rings (SSSR count). The van der Waals surface area contributed by atoms with Crippen LogP contribution in [0.5, 0.6) is 6.01 Å². The maximum atomic E-state index is 13.7. The molecule has 0 saturated carbocycles. The largest absolute Gasteiger partial charge is 0.465 e. The average molecular weight is 445 g/mol. The summed E-state index contributed by atoms with van der Waals surface area (Å²) in [6.45, 7) is 6.15. The third-order valence-electron chi connectivity index (χ3n) is 5.86. The van der Waals surface area contributed by atoms with Crippen molar-refractivity contribution in [2.75, 3.05) is 24.6 Å². The van der Waals surface area contributed by atoms with Crippen molar-refractivity contribution in [1.82, 2.24) is 14.5 Å². The summed E-state index contributed by atoms with van der Waals surface area (Å²) in [5.74, 6) is 0.179. The van der Waals surface area contributed by atoms with E-state index in [-0.39, 0.29) is 17.9 Å². The number of amides is 2. The molecule has 0 spiro atoms. The molecule has 3 heterocycles. The molecule has 1 fully saturated rings. The minimum absolute atomic E-state index is 0.108. The van der Waals surface area contributed by atoms with E-state index in [1.165, 1.54) is 4.90 Å². The van der Waals surface area contributed by atoms with Gasteiger partial charge in [0.05, 0.1) is 13.2 Å². The van der Waals surface area contributed by atoms with Crippen molar-refractivity contribution in [3.8, 4) is 6.01 Å². The SMILES string of the molecule is CCCCN1C(=O)c2c(nc(OCCC)n2Cc2ccc(Cl)cc2)N2CCCC2C1=O. The number of anilines is 1. The highest BCUT2D eigenvalue weighted by molar-refractivity contribution is 6.30. The Bertz CT molecular complexity index is 956. The topological polar surface area (TPSA) is 67.7 Å². The van der Waals surface area contributed by atoms with E-state index in [4.69, 9.17) is 21.3 Å². The lowest BCUT2D eigenvalue weighted by molar-refractivity contribution is -0.129. The Balaban J connectivity index is 1.82. The van der Waals surface area contributed by atoms with Gasteiger partial charge in [-0.25, -0.2) is 0 Å². The molecule has 1 aromatic carbocycles. The van der Waals surface area contributed by atoms with Gasteiger partial charge in [0.25, 0.3) is 17.8 Å². The summed E-state index contributed by atoms with van der Waals surface area (Å²) < 4.78 is 7.78. The zero-order valence-corrected chi connectivity index (χ0v) is 18.9. The molecule has 0 N–H and O–H groups in total. The number of benzene rings is 1. The highest BCUT2D eigenvalue weighted by Crippen LogP contribution is 2.36. The molecular weight excluding hydrogens is 416 g/mol. The Morgan fingerprint density at radius 2 is 1.94 bits per heavy atom. The van der Waals surface area contributed by atoms with E-state index in [1.54, 1.807) is 0 Å². The standard InChI is InChI=1S/C23H29ClN4O3/c1-3-5-12-27-21(29)18-7-6-13-26(18)20-19(22(27)30)28(23(25-20)31-14-4-2)15-16-8-10-17(24)11-9-16/h8-11,18H,3-7,12-15H2,1-2H3. The van der Waals surface area contributed by atoms with Crippen LogP contribution in [0.4, 0.5) is 5.82 Å². The molecule has 166 valence electrons. The Labute approximate surface area is 187 Å². The van der Waals surface area contributed by atoms with Crippen LogP contribution in [-0.4, -0.2) is 52.0 Å². The van der Waals surface area contributed by atoms with Crippen LogP contribution in [0.1, 0.15) is 62.0 Å². The number of carbonyl (C=O) groups is 2. The molecule has 1 saturated heterocycles. The Hall–Kier alpha value is -2.54. The van der Waals surface area contributed by atoms with Crippen molar-refractivity contribution >= 4 is 29.2 Å². The first-order valence-electron chi connectivity index (χ1n) is 11.1. The number of fused-ring (bicyclic) bond motifs is 3. The molecule has 31 heavy (non-hydrogen) atoms. The van der Waals surface area contributed by atoms with Crippen molar-refractivity contribution in [1.29, 1.82) is 0 Å². The smallest absolute Gasteiger partial charge is 0.299 e.